The first-order chi connectivity index (χ1) is 11.2. The monoisotopic (exact) mass is 328 g/mol. The number of nitrogens with one attached hydrogen (secondary N) is 2. The van der Waals surface area contributed by atoms with Crippen LogP contribution < -0.4 is 20.1 Å². The lowest BCUT2D eigenvalue weighted by atomic mass is 10.1. The van der Waals surface area contributed by atoms with Crippen LogP contribution in [-0.4, -0.2) is 23.9 Å². The van der Waals surface area contributed by atoms with E-state index in [0.717, 1.165) is 11.5 Å². The quantitative estimate of drug-likeness (QED) is 0.845. The van der Waals surface area contributed by atoms with Gasteiger partial charge in [0.2, 0.25) is 0 Å². The molecule has 1 aliphatic rings. The fourth-order valence-corrected chi connectivity index (χ4v) is 2.67. The van der Waals surface area contributed by atoms with E-state index in [9.17, 15) is 0 Å². The minimum absolute atomic E-state index is 0.0409. The van der Waals surface area contributed by atoms with Gasteiger partial charge in [-0.05, 0) is 36.8 Å². The number of para-hydroxylation sites is 2. The Bertz CT molecular complexity index is 663. The van der Waals surface area contributed by atoms with Gasteiger partial charge in [0.05, 0.1) is 6.04 Å². The van der Waals surface area contributed by atoms with Gasteiger partial charge < -0.3 is 20.1 Å². The predicted molar refractivity (Wildman–Crippen MR) is 94.8 cm³/mol. The summed E-state index contributed by atoms with van der Waals surface area (Å²) in [7, 11) is 0. The van der Waals surface area contributed by atoms with Crippen molar-refractivity contribution < 1.29 is 9.47 Å². The lowest BCUT2D eigenvalue weighted by Crippen LogP contribution is -2.50. The Morgan fingerprint density at radius 3 is 2.61 bits per heavy atom. The molecule has 0 aromatic heterocycles. The van der Waals surface area contributed by atoms with Gasteiger partial charge in [0, 0.05) is 6.54 Å². The molecule has 2 aromatic carbocycles. The molecule has 0 radical (unpaired) electrons. The molecule has 120 valence electrons. The maximum absolute atomic E-state index is 5.98. The van der Waals surface area contributed by atoms with Crippen LogP contribution >= 0.6 is 12.2 Å². The van der Waals surface area contributed by atoms with Crippen molar-refractivity contribution in [1.82, 2.24) is 10.6 Å². The molecule has 0 saturated heterocycles. The number of thiocarbonyl (C=S) groups is 1. The van der Waals surface area contributed by atoms with Crippen molar-refractivity contribution in [3.05, 3.63) is 60.2 Å². The van der Waals surface area contributed by atoms with E-state index < -0.39 is 0 Å². The topological polar surface area (TPSA) is 42.5 Å². The van der Waals surface area contributed by atoms with Gasteiger partial charge in [-0.25, -0.2) is 0 Å². The van der Waals surface area contributed by atoms with Crippen LogP contribution in [-0.2, 0) is 6.54 Å². The standard InChI is InChI=1S/C18H20N2O2S/c1-13(17-12-21-15-9-5-6-10-16(15)22-17)20-18(23)19-11-14-7-3-2-4-8-14/h2-10,13,17H,11-12H2,1H3,(H2,19,20,23). The molecule has 2 N–H and O–H groups in total. The molecule has 3 rings (SSSR count). The zero-order valence-corrected chi connectivity index (χ0v) is 13.8. The molecule has 1 aliphatic heterocycles. The normalized spacial score (nSPS) is 17.2. The van der Waals surface area contributed by atoms with E-state index >= 15 is 0 Å². The van der Waals surface area contributed by atoms with Crippen LogP contribution in [0, 0.1) is 0 Å². The van der Waals surface area contributed by atoms with Crippen molar-refractivity contribution in [2.24, 2.45) is 0 Å². The molecular formula is C18H20N2O2S. The van der Waals surface area contributed by atoms with Crippen molar-refractivity contribution >= 4 is 17.3 Å². The molecule has 0 fully saturated rings. The van der Waals surface area contributed by atoms with Gasteiger partial charge in [0.15, 0.2) is 22.7 Å². The summed E-state index contributed by atoms with van der Waals surface area (Å²) in [6.45, 7) is 3.25. The van der Waals surface area contributed by atoms with Crippen molar-refractivity contribution in [2.45, 2.75) is 25.6 Å². The molecule has 0 amide bonds. The summed E-state index contributed by atoms with van der Waals surface area (Å²) in [6, 6.07) is 17.9. The number of hydrogen-bond donors (Lipinski definition) is 2. The highest BCUT2D eigenvalue weighted by atomic mass is 32.1. The second-order valence-corrected chi connectivity index (χ2v) is 5.92. The van der Waals surface area contributed by atoms with Crippen molar-refractivity contribution in [3.8, 4) is 11.5 Å². The minimum atomic E-state index is -0.0821. The van der Waals surface area contributed by atoms with E-state index in [1.165, 1.54) is 5.56 Å². The number of hydrogen-bond acceptors (Lipinski definition) is 3. The highest BCUT2D eigenvalue weighted by molar-refractivity contribution is 7.80. The number of rotatable bonds is 4. The third kappa shape index (κ3) is 4.13. The highest BCUT2D eigenvalue weighted by Gasteiger charge is 2.26. The molecule has 0 spiro atoms. The summed E-state index contributed by atoms with van der Waals surface area (Å²) in [5, 5.41) is 7.09. The molecule has 0 aliphatic carbocycles. The summed E-state index contributed by atoms with van der Waals surface area (Å²) in [4.78, 5) is 0. The van der Waals surface area contributed by atoms with E-state index in [4.69, 9.17) is 21.7 Å². The SMILES string of the molecule is CC(NC(=S)NCc1ccccc1)C1COc2ccccc2O1. The Morgan fingerprint density at radius 1 is 1.13 bits per heavy atom. The summed E-state index contributed by atoms with van der Waals surface area (Å²) < 4.78 is 11.7. The number of fused-ring (bicyclic) bond motifs is 1. The maximum atomic E-state index is 5.98. The molecular weight excluding hydrogens is 308 g/mol. The summed E-state index contributed by atoms with van der Waals surface area (Å²) in [6.07, 6.45) is -0.0821. The van der Waals surface area contributed by atoms with Crippen molar-refractivity contribution in [3.63, 3.8) is 0 Å². The molecule has 2 atom stereocenters. The van der Waals surface area contributed by atoms with Gasteiger partial charge in [0.25, 0.3) is 0 Å². The number of ether oxygens (including phenoxy) is 2. The van der Waals surface area contributed by atoms with Gasteiger partial charge in [-0.15, -0.1) is 0 Å². The van der Waals surface area contributed by atoms with Crippen LogP contribution in [0.1, 0.15) is 12.5 Å². The first-order valence-electron chi connectivity index (χ1n) is 7.69. The van der Waals surface area contributed by atoms with Crippen molar-refractivity contribution in [2.75, 3.05) is 6.61 Å². The zero-order chi connectivity index (χ0) is 16.1. The van der Waals surface area contributed by atoms with Gasteiger partial charge in [-0.3, -0.25) is 0 Å². The Hall–Kier alpha value is -2.27. The molecule has 23 heavy (non-hydrogen) atoms. The Kier molecular flexibility index (Phi) is 4.98. The van der Waals surface area contributed by atoms with Crippen LogP contribution in [0.15, 0.2) is 54.6 Å². The van der Waals surface area contributed by atoms with E-state index in [2.05, 4.69) is 22.8 Å². The molecule has 1 heterocycles. The van der Waals surface area contributed by atoms with E-state index in [0.29, 0.717) is 18.3 Å². The van der Waals surface area contributed by atoms with E-state index in [1.807, 2.05) is 49.4 Å². The van der Waals surface area contributed by atoms with Crippen LogP contribution in [0.2, 0.25) is 0 Å². The lowest BCUT2D eigenvalue weighted by Gasteiger charge is -2.31. The second kappa shape index (κ2) is 7.33. The Balaban J connectivity index is 1.49. The summed E-state index contributed by atoms with van der Waals surface area (Å²) in [5.41, 5.74) is 1.19. The van der Waals surface area contributed by atoms with Crippen LogP contribution in [0.4, 0.5) is 0 Å². The lowest BCUT2D eigenvalue weighted by molar-refractivity contribution is 0.0716. The molecule has 4 nitrogen and oxygen atoms in total. The molecule has 2 unspecified atom stereocenters. The number of benzene rings is 2. The van der Waals surface area contributed by atoms with Crippen LogP contribution in [0.5, 0.6) is 11.5 Å². The second-order valence-electron chi connectivity index (χ2n) is 5.52. The van der Waals surface area contributed by atoms with Crippen molar-refractivity contribution in [1.29, 1.82) is 0 Å². The van der Waals surface area contributed by atoms with E-state index in [1.54, 1.807) is 0 Å². The zero-order valence-electron chi connectivity index (χ0n) is 13.0. The molecule has 2 aromatic rings. The summed E-state index contributed by atoms with van der Waals surface area (Å²) in [5.74, 6) is 1.57. The largest absolute Gasteiger partial charge is 0.486 e. The van der Waals surface area contributed by atoms with Gasteiger partial charge in [-0.1, -0.05) is 42.5 Å². The third-order valence-electron chi connectivity index (χ3n) is 3.74. The predicted octanol–water partition coefficient (Wildman–Crippen LogP) is 2.88. The fraction of sp³-hybridized carbons (Fsp3) is 0.278. The molecule has 0 saturated carbocycles. The van der Waals surface area contributed by atoms with Crippen LogP contribution in [0.25, 0.3) is 0 Å². The highest BCUT2D eigenvalue weighted by Crippen LogP contribution is 2.31. The smallest absolute Gasteiger partial charge is 0.166 e. The average Bonchev–Trinajstić information content (AvgIpc) is 2.60. The third-order valence-corrected chi connectivity index (χ3v) is 4.01. The first kappa shape index (κ1) is 15.6. The first-order valence-corrected chi connectivity index (χ1v) is 8.10. The Morgan fingerprint density at radius 2 is 1.83 bits per heavy atom. The average molecular weight is 328 g/mol. The van der Waals surface area contributed by atoms with Gasteiger partial charge in [0.1, 0.15) is 6.61 Å². The van der Waals surface area contributed by atoms with E-state index in [-0.39, 0.29) is 12.1 Å². The Labute approximate surface area is 141 Å². The van der Waals surface area contributed by atoms with Crippen LogP contribution in [0.3, 0.4) is 0 Å². The molecule has 0 bridgehead atoms. The van der Waals surface area contributed by atoms with Gasteiger partial charge in [-0.2, -0.15) is 0 Å². The fourth-order valence-electron chi connectivity index (χ4n) is 2.41. The molecule has 5 heteroatoms. The minimum Gasteiger partial charge on any atom is -0.486 e. The maximum Gasteiger partial charge on any atom is 0.166 e. The summed E-state index contributed by atoms with van der Waals surface area (Å²) >= 11 is 5.36. The van der Waals surface area contributed by atoms with Gasteiger partial charge >= 0.3 is 0 Å².